The molecule has 0 radical (unpaired) electrons. The van der Waals surface area contributed by atoms with Crippen molar-refractivity contribution in [3.8, 4) is 11.1 Å². The van der Waals surface area contributed by atoms with Crippen molar-refractivity contribution in [2.24, 2.45) is 0 Å². The molecule has 0 aliphatic heterocycles. The standard InChI is InChI=1S/C18H24N2O2S2/c1-6-22-17(21)20-12-9-7-8-11(10-12)13-14(18(2,3)4)16(23-5)24-15(13)19/h7-10H,6,19H2,1-5H3,(H,20,21). The van der Waals surface area contributed by atoms with Gasteiger partial charge in [0.25, 0.3) is 0 Å². The molecule has 4 nitrogen and oxygen atoms in total. The number of thiophene rings is 1. The summed E-state index contributed by atoms with van der Waals surface area (Å²) >= 11 is 3.34. The molecule has 0 saturated carbocycles. The lowest BCUT2D eigenvalue weighted by atomic mass is 9.84. The number of hydrogen-bond donors (Lipinski definition) is 2. The van der Waals surface area contributed by atoms with E-state index in [1.54, 1.807) is 30.0 Å². The van der Waals surface area contributed by atoms with E-state index in [9.17, 15) is 4.79 Å². The number of anilines is 2. The number of amides is 1. The van der Waals surface area contributed by atoms with Gasteiger partial charge in [0.2, 0.25) is 0 Å². The van der Waals surface area contributed by atoms with Crippen LogP contribution in [0.2, 0.25) is 0 Å². The number of nitrogens with one attached hydrogen (secondary N) is 1. The fourth-order valence-electron chi connectivity index (χ4n) is 2.58. The van der Waals surface area contributed by atoms with Gasteiger partial charge in [-0.25, -0.2) is 4.79 Å². The molecule has 6 heteroatoms. The van der Waals surface area contributed by atoms with Gasteiger partial charge >= 0.3 is 6.09 Å². The van der Waals surface area contributed by atoms with Crippen molar-refractivity contribution in [1.82, 2.24) is 0 Å². The van der Waals surface area contributed by atoms with Crippen molar-refractivity contribution in [3.63, 3.8) is 0 Å². The number of nitrogens with two attached hydrogens (primary N) is 1. The van der Waals surface area contributed by atoms with Crippen molar-refractivity contribution < 1.29 is 9.53 Å². The summed E-state index contributed by atoms with van der Waals surface area (Å²) in [5, 5.41) is 3.55. The van der Waals surface area contributed by atoms with Crippen LogP contribution in [0.25, 0.3) is 11.1 Å². The number of rotatable bonds is 4. The molecule has 0 fully saturated rings. The van der Waals surface area contributed by atoms with E-state index in [2.05, 4.69) is 32.3 Å². The zero-order valence-electron chi connectivity index (χ0n) is 14.7. The van der Waals surface area contributed by atoms with Crippen molar-refractivity contribution in [2.45, 2.75) is 37.3 Å². The number of benzene rings is 1. The number of carbonyl (C=O) groups excluding carboxylic acids is 1. The molecular formula is C18H24N2O2S2. The number of hydrogen-bond acceptors (Lipinski definition) is 5. The maximum Gasteiger partial charge on any atom is 0.411 e. The first-order valence-electron chi connectivity index (χ1n) is 7.78. The van der Waals surface area contributed by atoms with Gasteiger partial charge in [-0.2, -0.15) is 0 Å². The molecule has 24 heavy (non-hydrogen) atoms. The third kappa shape index (κ3) is 4.05. The molecule has 1 aromatic carbocycles. The van der Waals surface area contributed by atoms with Crippen LogP contribution in [0, 0.1) is 0 Å². The normalized spacial score (nSPS) is 11.4. The van der Waals surface area contributed by atoms with Gasteiger partial charge in [-0.05, 0) is 41.9 Å². The second-order valence-electron chi connectivity index (χ2n) is 6.38. The maximum atomic E-state index is 11.6. The minimum Gasteiger partial charge on any atom is -0.450 e. The molecule has 2 aromatic rings. The summed E-state index contributed by atoms with van der Waals surface area (Å²) in [4.78, 5) is 11.6. The highest BCUT2D eigenvalue weighted by atomic mass is 32.2. The van der Waals surface area contributed by atoms with E-state index in [0.29, 0.717) is 12.3 Å². The number of thioether (sulfide) groups is 1. The van der Waals surface area contributed by atoms with Gasteiger partial charge in [-0.3, -0.25) is 5.32 Å². The van der Waals surface area contributed by atoms with Crippen LogP contribution in [0.5, 0.6) is 0 Å². The van der Waals surface area contributed by atoms with Crippen molar-refractivity contribution in [2.75, 3.05) is 23.9 Å². The van der Waals surface area contributed by atoms with Crippen LogP contribution in [0.15, 0.2) is 28.5 Å². The van der Waals surface area contributed by atoms with E-state index < -0.39 is 6.09 Å². The van der Waals surface area contributed by atoms with Gasteiger partial charge in [-0.1, -0.05) is 32.9 Å². The number of nitrogen functional groups attached to an aromatic ring is 1. The predicted molar refractivity (Wildman–Crippen MR) is 105 cm³/mol. The Labute approximate surface area is 151 Å². The lowest BCUT2D eigenvalue weighted by Crippen LogP contribution is -2.14. The average Bonchev–Trinajstić information content (AvgIpc) is 2.84. The van der Waals surface area contributed by atoms with Crippen molar-refractivity contribution >= 4 is 39.9 Å². The van der Waals surface area contributed by atoms with E-state index in [0.717, 1.165) is 16.1 Å². The van der Waals surface area contributed by atoms with E-state index in [1.165, 1.54) is 9.77 Å². The Hall–Kier alpha value is -1.66. The van der Waals surface area contributed by atoms with Crippen LogP contribution in [0.4, 0.5) is 15.5 Å². The maximum absolute atomic E-state index is 11.6. The number of carbonyl (C=O) groups is 1. The topological polar surface area (TPSA) is 64.3 Å². The molecule has 0 atom stereocenters. The monoisotopic (exact) mass is 364 g/mol. The van der Waals surface area contributed by atoms with E-state index in [4.69, 9.17) is 10.5 Å². The van der Waals surface area contributed by atoms with Crippen molar-refractivity contribution in [1.29, 1.82) is 0 Å². The fourth-order valence-corrected chi connectivity index (χ4v) is 4.82. The molecule has 1 aromatic heterocycles. The van der Waals surface area contributed by atoms with Crippen LogP contribution in [-0.4, -0.2) is 19.0 Å². The molecule has 2 rings (SSSR count). The Balaban J connectivity index is 2.49. The van der Waals surface area contributed by atoms with E-state index >= 15 is 0 Å². The van der Waals surface area contributed by atoms with Crippen LogP contribution < -0.4 is 11.1 Å². The summed E-state index contributed by atoms with van der Waals surface area (Å²) in [7, 11) is 0. The molecule has 0 aliphatic carbocycles. The first-order valence-corrected chi connectivity index (χ1v) is 9.83. The Morgan fingerprint density at radius 3 is 2.67 bits per heavy atom. The second-order valence-corrected chi connectivity index (χ2v) is 8.51. The predicted octanol–water partition coefficient (Wildman–Crippen LogP) is 5.59. The zero-order chi connectivity index (χ0) is 17.9. The van der Waals surface area contributed by atoms with Crippen molar-refractivity contribution in [3.05, 3.63) is 29.8 Å². The van der Waals surface area contributed by atoms with Crippen LogP contribution >= 0.6 is 23.1 Å². The Kier molecular flexibility index (Phi) is 5.83. The Bertz CT molecular complexity index is 733. The minimum absolute atomic E-state index is 0.0215. The molecule has 0 aliphatic rings. The second kappa shape index (κ2) is 7.49. The summed E-state index contributed by atoms with van der Waals surface area (Å²) in [5.74, 6) is 0. The smallest absolute Gasteiger partial charge is 0.411 e. The molecule has 0 saturated heterocycles. The van der Waals surface area contributed by atoms with E-state index in [1.807, 2.05) is 24.3 Å². The number of ether oxygens (including phenoxy) is 1. The summed E-state index contributed by atoms with van der Waals surface area (Å²) in [6.07, 6.45) is 1.62. The molecule has 130 valence electrons. The van der Waals surface area contributed by atoms with Gasteiger partial charge in [0.15, 0.2) is 0 Å². The summed E-state index contributed by atoms with van der Waals surface area (Å²) < 4.78 is 6.17. The summed E-state index contributed by atoms with van der Waals surface area (Å²) in [5.41, 5.74) is 10.3. The van der Waals surface area contributed by atoms with Gasteiger partial charge < -0.3 is 10.5 Å². The molecular weight excluding hydrogens is 340 g/mol. The third-order valence-electron chi connectivity index (χ3n) is 3.51. The highest BCUT2D eigenvalue weighted by molar-refractivity contribution is 8.00. The SMILES string of the molecule is CCOC(=O)Nc1cccc(-c2c(N)sc(SC)c2C(C)(C)C)c1. The van der Waals surface area contributed by atoms with Gasteiger partial charge in [0.1, 0.15) is 0 Å². The first-order chi connectivity index (χ1) is 11.3. The molecule has 0 bridgehead atoms. The molecule has 3 N–H and O–H groups in total. The largest absolute Gasteiger partial charge is 0.450 e. The minimum atomic E-state index is -0.450. The van der Waals surface area contributed by atoms with E-state index in [-0.39, 0.29) is 5.41 Å². The average molecular weight is 365 g/mol. The lowest BCUT2D eigenvalue weighted by molar-refractivity contribution is 0.168. The zero-order valence-corrected chi connectivity index (χ0v) is 16.4. The van der Waals surface area contributed by atoms with Gasteiger partial charge in [-0.15, -0.1) is 23.1 Å². The van der Waals surface area contributed by atoms with Gasteiger partial charge in [0.05, 0.1) is 15.8 Å². The highest BCUT2D eigenvalue weighted by Crippen LogP contribution is 2.48. The lowest BCUT2D eigenvalue weighted by Gasteiger charge is -2.22. The Morgan fingerprint density at radius 2 is 2.08 bits per heavy atom. The molecule has 0 spiro atoms. The Morgan fingerprint density at radius 1 is 1.38 bits per heavy atom. The molecule has 1 heterocycles. The molecule has 0 unspecified atom stereocenters. The summed E-state index contributed by atoms with van der Waals surface area (Å²) in [6.45, 7) is 8.70. The highest BCUT2D eigenvalue weighted by Gasteiger charge is 2.27. The van der Waals surface area contributed by atoms with Crippen LogP contribution in [0.3, 0.4) is 0 Å². The van der Waals surface area contributed by atoms with Gasteiger partial charge in [0, 0.05) is 11.3 Å². The third-order valence-corrected chi connectivity index (χ3v) is 5.65. The first kappa shape index (κ1) is 18.7. The fraction of sp³-hybridized carbons (Fsp3) is 0.389. The summed E-state index contributed by atoms with van der Waals surface area (Å²) in [6, 6.07) is 7.72. The quantitative estimate of drug-likeness (QED) is 0.695. The molecule has 1 amide bonds. The van der Waals surface area contributed by atoms with Crippen LogP contribution in [-0.2, 0) is 10.2 Å². The van der Waals surface area contributed by atoms with Crippen LogP contribution in [0.1, 0.15) is 33.3 Å².